The van der Waals surface area contributed by atoms with Gasteiger partial charge in [0, 0.05) is 10.9 Å². The zero-order chi connectivity index (χ0) is 10.6. The summed E-state index contributed by atoms with van der Waals surface area (Å²) < 4.78 is 1.08. The minimum Gasteiger partial charge on any atom is -0.390 e. The van der Waals surface area contributed by atoms with Crippen molar-refractivity contribution in [1.29, 1.82) is 0 Å². The highest BCUT2D eigenvalue weighted by Crippen LogP contribution is 2.21. The van der Waals surface area contributed by atoms with Gasteiger partial charge in [-0.1, -0.05) is 41.9 Å². The minimum atomic E-state index is -0.534. The minimum absolute atomic E-state index is 0.534. The number of halogens is 1. The van der Waals surface area contributed by atoms with Gasteiger partial charge in [-0.2, -0.15) is 0 Å². The predicted octanol–water partition coefficient (Wildman–Crippen LogP) is 3.54. The summed E-state index contributed by atoms with van der Waals surface area (Å²) in [5, 5.41) is 10.1. The fraction of sp³-hybridized carbons (Fsp3) is 0.500. The van der Waals surface area contributed by atoms with Gasteiger partial charge in [0.05, 0.1) is 5.60 Å². The van der Waals surface area contributed by atoms with Crippen LogP contribution in [0.2, 0.25) is 0 Å². The van der Waals surface area contributed by atoms with Gasteiger partial charge in [0.25, 0.3) is 0 Å². The first-order valence-corrected chi connectivity index (χ1v) is 5.86. The van der Waals surface area contributed by atoms with Crippen molar-refractivity contribution in [3.05, 3.63) is 34.3 Å². The van der Waals surface area contributed by atoms with Crippen LogP contribution in [-0.4, -0.2) is 10.7 Å². The van der Waals surface area contributed by atoms with Crippen LogP contribution >= 0.6 is 15.9 Å². The van der Waals surface area contributed by atoms with E-state index in [1.165, 1.54) is 5.56 Å². The molecule has 1 nitrogen and oxygen atoms in total. The lowest BCUT2D eigenvalue weighted by Crippen LogP contribution is -2.29. The van der Waals surface area contributed by atoms with Crippen molar-refractivity contribution in [1.82, 2.24) is 0 Å². The standard InChI is InChI=1S/C12H17BrO/c1-3-12(14,4-2)9-10-5-7-11(13)8-6-10/h5-8,14H,3-4,9H2,1-2H3. The molecule has 0 aliphatic carbocycles. The molecule has 0 aliphatic rings. The van der Waals surface area contributed by atoms with Crippen molar-refractivity contribution in [2.75, 3.05) is 0 Å². The molecule has 0 radical (unpaired) electrons. The van der Waals surface area contributed by atoms with Gasteiger partial charge in [-0.3, -0.25) is 0 Å². The third kappa shape index (κ3) is 3.10. The van der Waals surface area contributed by atoms with Crippen LogP contribution in [0, 0.1) is 0 Å². The maximum Gasteiger partial charge on any atom is 0.0682 e. The summed E-state index contributed by atoms with van der Waals surface area (Å²) in [6, 6.07) is 8.14. The van der Waals surface area contributed by atoms with Gasteiger partial charge in [-0.05, 0) is 30.5 Å². The highest BCUT2D eigenvalue weighted by molar-refractivity contribution is 9.10. The van der Waals surface area contributed by atoms with Gasteiger partial charge in [-0.15, -0.1) is 0 Å². The topological polar surface area (TPSA) is 20.2 Å². The first-order valence-electron chi connectivity index (χ1n) is 5.06. The largest absolute Gasteiger partial charge is 0.390 e. The number of benzene rings is 1. The van der Waals surface area contributed by atoms with Crippen LogP contribution in [0.25, 0.3) is 0 Å². The zero-order valence-corrected chi connectivity index (χ0v) is 10.3. The summed E-state index contributed by atoms with van der Waals surface area (Å²) in [5.74, 6) is 0. The molecule has 78 valence electrons. The van der Waals surface area contributed by atoms with Crippen LogP contribution in [0.5, 0.6) is 0 Å². The molecule has 0 fully saturated rings. The van der Waals surface area contributed by atoms with Crippen LogP contribution in [-0.2, 0) is 6.42 Å². The van der Waals surface area contributed by atoms with Gasteiger partial charge in [0.2, 0.25) is 0 Å². The van der Waals surface area contributed by atoms with Gasteiger partial charge >= 0.3 is 0 Å². The Morgan fingerprint density at radius 3 is 2.07 bits per heavy atom. The fourth-order valence-electron chi connectivity index (χ4n) is 1.48. The van der Waals surface area contributed by atoms with Crippen molar-refractivity contribution in [3.8, 4) is 0 Å². The van der Waals surface area contributed by atoms with E-state index in [1.807, 2.05) is 26.0 Å². The smallest absolute Gasteiger partial charge is 0.0682 e. The Balaban J connectivity index is 2.72. The van der Waals surface area contributed by atoms with Crippen LogP contribution in [0.4, 0.5) is 0 Å². The third-order valence-electron chi connectivity index (χ3n) is 2.76. The van der Waals surface area contributed by atoms with E-state index >= 15 is 0 Å². The van der Waals surface area contributed by atoms with Gasteiger partial charge in [0.1, 0.15) is 0 Å². The number of hydrogen-bond acceptors (Lipinski definition) is 1. The Bertz CT molecular complexity index is 275. The molecule has 1 N–H and O–H groups in total. The van der Waals surface area contributed by atoms with Crippen molar-refractivity contribution in [3.63, 3.8) is 0 Å². The van der Waals surface area contributed by atoms with Gasteiger partial charge in [-0.25, -0.2) is 0 Å². The fourth-order valence-corrected chi connectivity index (χ4v) is 1.75. The molecule has 0 bridgehead atoms. The highest BCUT2D eigenvalue weighted by Gasteiger charge is 2.22. The van der Waals surface area contributed by atoms with Crippen LogP contribution in [0.3, 0.4) is 0 Å². The molecule has 1 aromatic carbocycles. The SMILES string of the molecule is CCC(O)(CC)Cc1ccc(Br)cc1. The quantitative estimate of drug-likeness (QED) is 0.874. The summed E-state index contributed by atoms with van der Waals surface area (Å²) in [6.07, 6.45) is 2.35. The second kappa shape index (κ2) is 4.94. The Hall–Kier alpha value is -0.340. The third-order valence-corrected chi connectivity index (χ3v) is 3.29. The molecule has 0 unspecified atom stereocenters. The Morgan fingerprint density at radius 1 is 1.14 bits per heavy atom. The van der Waals surface area contributed by atoms with E-state index in [2.05, 4.69) is 28.1 Å². The molecular weight excluding hydrogens is 240 g/mol. The first kappa shape index (κ1) is 11.7. The monoisotopic (exact) mass is 256 g/mol. The molecule has 14 heavy (non-hydrogen) atoms. The van der Waals surface area contributed by atoms with E-state index in [4.69, 9.17) is 0 Å². The van der Waals surface area contributed by atoms with Crippen LogP contribution < -0.4 is 0 Å². The highest BCUT2D eigenvalue weighted by atomic mass is 79.9. The number of hydrogen-bond donors (Lipinski definition) is 1. The first-order chi connectivity index (χ1) is 6.59. The average molecular weight is 257 g/mol. The lowest BCUT2D eigenvalue weighted by Gasteiger charge is -2.25. The molecule has 0 atom stereocenters. The lowest BCUT2D eigenvalue weighted by molar-refractivity contribution is 0.0326. The summed E-state index contributed by atoms with van der Waals surface area (Å²) >= 11 is 3.40. The maximum atomic E-state index is 10.1. The maximum absolute atomic E-state index is 10.1. The van der Waals surface area contributed by atoms with E-state index in [0.29, 0.717) is 0 Å². The van der Waals surface area contributed by atoms with Crippen molar-refractivity contribution in [2.45, 2.75) is 38.7 Å². The molecule has 0 aliphatic heterocycles. The molecule has 0 saturated heterocycles. The summed E-state index contributed by atoms with van der Waals surface area (Å²) in [7, 11) is 0. The van der Waals surface area contributed by atoms with Crippen molar-refractivity contribution >= 4 is 15.9 Å². The molecular formula is C12H17BrO. The Morgan fingerprint density at radius 2 is 1.64 bits per heavy atom. The van der Waals surface area contributed by atoms with E-state index in [1.54, 1.807) is 0 Å². The molecule has 0 amide bonds. The van der Waals surface area contributed by atoms with Gasteiger partial charge < -0.3 is 5.11 Å². The zero-order valence-electron chi connectivity index (χ0n) is 8.76. The van der Waals surface area contributed by atoms with Crippen LogP contribution in [0.15, 0.2) is 28.7 Å². The number of rotatable bonds is 4. The van der Waals surface area contributed by atoms with Crippen molar-refractivity contribution < 1.29 is 5.11 Å². The number of aliphatic hydroxyl groups is 1. The second-order valence-electron chi connectivity index (χ2n) is 3.73. The molecule has 0 heterocycles. The summed E-state index contributed by atoms with van der Waals surface area (Å²) in [4.78, 5) is 0. The summed E-state index contributed by atoms with van der Waals surface area (Å²) in [5.41, 5.74) is 0.660. The van der Waals surface area contributed by atoms with Crippen LogP contribution in [0.1, 0.15) is 32.3 Å². The van der Waals surface area contributed by atoms with Gasteiger partial charge in [0.15, 0.2) is 0 Å². The van der Waals surface area contributed by atoms with E-state index in [-0.39, 0.29) is 0 Å². The summed E-state index contributed by atoms with van der Waals surface area (Å²) in [6.45, 7) is 4.06. The van der Waals surface area contributed by atoms with Crippen molar-refractivity contribution in [2.24, 2.45) is 0 Å². The van der Waals surface area contributed by atoms with E-state index < -0.39 is 5.60 Å². The molecule has 0 spiro atoms. The molecule has 0 aromatic heterocycles. The lowest BCUT2D eigenvalue weighted by atomic mass is 9.90. The Labute approximate surface area is 94.3 Å². The second-order valence-corrected chi connectivity index (χ2v) is 4.65. The molecule has 0 saturated carbocycles. The average Bonchev–Trinajstić information content (AvgIpc) is 2.21. The normalized spacial score (nSPS) is 11.7. The Kier molecular flexibility index (Phi) is 4.14. The van der Waals surface area contributed by atoms with E-state index in [0.717, 1.165) is 23.7 Å². The molecule has 2 heteroatoms. The molecule has 1 aromatic rings. The van der Waals surface area contributed by atoms with E-state index in [9.17, 15) is 5.11 Å². The molecule has 1 rings (SSSR count). The predicted molar refractivity (Wildman–Crippen MR) is 63.4 cm³/mol.